The number of rotatable bonds is 3. The van der Waals surface area contributed by atoms with Crippen LogP contribution in [-0.4, -0.2) is 35.7 Å². The predicted molar refractivity (Wildman–Crippen MR) is 91.7 cm³/mol. The molecule has 4 nitrogen and oxygen atoms in total. The Labute approximate surface area is 149 Å². The van der Waals surface area contributed by atoms with Gasteiger partial charge in [0.25, 0.3) is 0 Å². The molecule has 7 heteroatoms. The lowest BCUT2D eigenvalue weighted by Gasteiger charge is -2.33. The van der Waals surface area contributed by atoms with Gasteiger partial charge in [-0.1, -0.05) is 0 Å². The van der Waals surface area contributed by atoms with Crippen LogP contribution in [0.1, 0.15) is 39.2 Å². The minimum absolute atomic E-state index is 0.0388. The van der Waals surface area contributed by atoms with Crippen LogP contribution in [0.25, 0.3) is 0 Å². The van der Waals surface area contributed by atoms with Crippen molar-refractivity contribution in [2.45, 2.75) is 51.8 Å². The van der Waals surface area contributed by atoms with Crippen molar-refractivity contribution in [2.75, 3.05) is 13.1 Å². The number of piperidine rings is 1. The number of nitrogens with one attached hydrogen (secondary N) is 1. The Bertz CT molecular complexity index is 597. The van der Waals surface area contributed by atoms with E-state index in [1.807, 2.05) is 20.8 Å². The molecule has 1 N–H and O–H groups in total. The maximum Gasteiger partial charge on any atom is 0.407 e. The molecule has 1 aromatic rings. The van der Waals surface area contributed by atoms with Crippen LogP contribution in [0.2, 0.25) is 0 Å². The molecule has 0 radical (unpaired) electrons. The molecule has 134 valence electrons. The van der Waals surface area contributed by atoms with E-state index in [9.17, 15) is 13.6 Å². The van der Waals surface area contributed by atoms with Gasteiger partial charge in [-0.05, 0) is 61.7 Å². The number of alkyl carbamates (subject to hydrolysis) is 1. The van der Waals surface area contributed by atoms with E-state index in [0.717, 1.165) is 25.0 Å². The van der Waals surface area contributed by atoms with Crippen LogP contribution in [-0.2, 0) is 11.3 Å². The number of hydrogen-bond acceptors (Lipinski definition) is 3. The zero-order chi connectivity index (χ0) is 17.9. The van der Waals surface area contributed by atoms with Gasteiger partial charge in [0.05, 0.1) is 4.47 Å². The van der Waals surface area contributed by atoms with Crippen molar-refractivity contribution >= 4 is 22.0 Å². The smallest absolute Gasteiger partial charge is 0.407 e. The van der Waals surface area contributed by atoms with Crippen LogP contribution in [0.5, 0.6) is 0 Å². The van der Waals surface area contributed by atoms with Gasteiger partial charge in [-0.15, -0.1) is 0 Å². The summed E-state index contributed by atoms with van der Waals surface area (Å²) < 4.78 is 32.9. The Balaban J connectivity index is 1.85. The molecule has 0 unspecified atom stereocenters. The second-order valence-corrected chi connectivity index (χ2v) is 7.81. The number of ether oxygens (including phenoxy) is 1. The Kier molecular flexibility index (Phi) is 6.20. The summed E-state index contributed by atoms with van der Waals surface area (Å²) in [4.78, 5) is 13.8. The summed E-state index contributed by atoms with van der Waals surface area (Å²) in [6, 6.07) is 2.29. The summed E-state index contributed by atoms with van der Waals surface area (Å²) in [5.74, 6) is -0.884. The molecule has 1 saturated heterocycles. The second-order valence-electron chi connectivity index (χ2n) is 7.02. The minimum Gasteiger partial charge on any atom is -0.444 e. The van der Waals surface area contributed by atoms with Gasteiger partial charge in [0.2, 0.25) is 0 Å². The van der Waals surface area contributed by atoms with Gasteiger partial charge in [0.15, 0.2) is 0 Å². The van der Waals surface area contributed by atoms with Crippen LogP contribution >= 0.6 is 15.9 Å². The van der Waals surface area contributed by atoms with E-state index in [-0.39, 0.29) is 10.5 Å². The van der Waals surface area contributed by atoms with E-state index in [4.69, 9.17) is 4.74 Å². The highest BCUT2D eigenvalue weighted by Gasteiger charge is 2.24. The van der Waals surface area contributed by atoms with E-state index >= 15 is 0 Å². The monoisotopic (exact) mass is 404 g/mol. The molecule has 2 rings (SSSR count). The third-order valence-corrected chi connectivity index (χ3v) is 4.69. The Hall–Kier alpha value is -1.21. The molecule has 1 fully saturated rings. The van der Waals surface area contributed by atoms with Crippen molar-refractivity contribution in [1.82, 2.24) is 10.2 Å². The fraction of sp³-hybridized carbons (Fsp3) is 0.588. The molecule has 1 aliphatic heterocycles. The van der Waals surface area contributed by atoms with Gasteiger partial charge < -0.3 is 10.1 Å². The van der Waals surface area contributed by atoms with Gasteiger partial charge in [0, 0.05) is 31.2 Å². The Morgan fingerprint density at radius 2 is 1.88 bits per heavy atom. The molecule has 24 heavy (non-hydrogen) atoms. The van der Waals surface area contributed by atoms with Gasteiger partial charge in [-0.3, -0.25) is 4.90 Å². The molecule has 0 spiro atoms. The summed E-state index contributed by atoms with van der Waals surface area (Å²) in [6.07, 6.45) is 1.07. The zero-order valence-corrected chi connectivity index (χ0v) is 15.8. The van der Waals surface area contributed by atoms with E-state index < -0.39 is 23.3 Å². The standard InChI is InChI=1S/C17H23BrF2N2O2/c1-17(2,3)24-16(23)21-11-6-8-22(9-7-11)10-12-13(19)4-5-14(20)15(12)18/h4-5,11H,6-10H2,1-3H3,(H,21,23). The summed E-state index contributed by atoms with van der Waals surface area (Å²) in [7, 11) is 0. The summed E-state index contributed by atoms with van der Waals surface area (Å²) in [5, 5.41) is 2.86. The number of halogens is 3. The lowest BCUT2D eigenvalue weighted by atomic mass is 10.0. The first-order valence-electron chi connectivity index (χ1n) is 8.00. The number of nitrogens with zero attached hydrogens (tertiary/aromatic N) is 1. The van der Waals surface area contributed by atoms with Crippen LogP contribution in [0.15, 0.2) is 16.6 Å². The maximum atomic E-state index is 13.9. The Morgan fingerprint density at radius 3 is 2.46 bits per heavy atom. The van der Waals surface area contributed by atoms with Gasteiger partial charge >= 0.3 is 6.09 Å². The van der Waals surface area contributed by atoms with Gasteiger partial charge in [-0.25, -0.2) is 13.6 Å². The van der Waals surface area contributed by atoms with Gasteiger partial charge in [-0.2, -0.15) is 0 Å². The molecule has 1 aromatic carbocycles. The number of carbonyl (C=O) groups excluding carboxylic acids is 1. The van der Waals surface area contributed by atoms with E-state index in [2.05, 4.69) is 26.1 Å². The summed E-state index contributed by atoms with van der Waals surface area (Å²) >= 11 is 3.12. The molecule has 1 aliphatic rings. The lowest BCUT2D eigenvalue weighted by Crippen LogP contribution is -2.45. The first kappa shape index (κ1) is 19.1. The molecule has 0 aliphatic carbocycles. The highest BCUT2D eigenvalue weighted by molar-refractivity contribution is 9.10. The van der Waals surface area contributed by atoms with Crippen LogP contribution in [0, 0.1) is 11.6 Å². The molecular weight excluding hydrogens is 382 g/mol. The van der Waals surface area contributed by atoms with Crippen molar-refractivity contribution in [3.63, 3.8) is 0 Å². The first-order chi connectivity index (χ1) is 11.2. The quantitative estimate of drug-likeness (QED) is 0.766. The highest BCUT2D eigenvalue weighted by Crippen LogP contribution is 2.26. The molecular formula is C17H23BrF2N2O2. The molecule has 0 aromatic heterocycles. The van der Waals surface area contributed by atoms with Crippen molar-refractivity contribution in [1.29, 1.82) is 0 Å². The normalized spacial score (nSPS) is 16.9. The van der Waals surface area contributed by atoms with Crippen molar-refractivity contribution < 1.29 is 18.3 Å². The minimum atomic E-state index is -0.522. The summed E-state index contributed by atoms with van der Waals surface area (Å²) in [6.45, 7) is 7.19. The van der Waals surface area contributed by atoms with Crippen LogP contribution < -0.4 is 5.32 Å². The highest BCUT2D eigenvalue weighted by atomic mass is 79.9. The van der Waals surface area contributed by atoms with Crippen molar-refractivity contribution in [3.8, 4) is 0 Å². The maximum absolute atomic E-state index is 13.9. The van der Waals surface area contributed by atoms with Gasteiger partial charge in [0.1, 0.15) is 17.2 Å². The molecule has 0 saturated carbocycles. The fourth-order valence-corrected chi connectivity index (χ4v) is 3.09. The average molecular weight is 405 g/mol. The summed E-state index contributed by atoms with van der Waals surface area (Å²) in [5.41, 5.74) is -0.194. The van der Waals surface area contributed by atoms with Crippen molar-refractivity contribution in [2.24, 2.45) is 0 Å². The predicted octanol–water partition coefficient (Wildman–Crippen LogP) is 4.22. The number of amides is 1. The number of hydrogen-bond donors (Lipinski definition) is 1. The number of benzene rings is 1. The van der Waals surface area contributed by atoms with Crippen molar-refractivity contribution in [3.05, 3.63) is 33.8 Å². The van der Waals surface area contributed by atoms with Crippen LogP contribution in [0.3, 0.4) is 0 Å². The third kappa shape index (κ3) is 5.41. The molecule has 1 heterocycles. The molecule has 0 atom stereocenters. The molecule has 1 amide bonds. The number of carbonyl (C=O) groups is 1. The zero-order valence-electron chi connectivity index (χ0n) is 14.2. The van der Waals surface area contributed by atoms with Crippen LogP contribution in [0.4, 0.5) is 13.6 Å². The van der Waals surface area contributed by atoms with E-state index in [0.29, 0.717) is 25.2 Å². The van der Waals surface area contributed by atoms with E-state index in [1.165, 1.54) is 0 Å². The lowest BCUT2D eigenvalue weighted by molar-refractivity contribution is 0.0477. The first-order valence-corrected chi connectivity index (χ1v) is 8.79. The average Bonchev–Trinajstić information content (AvgIpc) is 2.47. The largest absolute Gasteiger partial charge is 0.444 e. The molecule has 0 bridgehead atoms. The van der Waals surface area contributed by atoms with E-state index in [1.54, 1.807) is 0 Å². The fourth-order valence-electron chi connectivity index (χ4n) is 2.65. The topological polar surface area (TPSA) is 41.6 Å². The Morgan fingerprint density at radius 1 is 1.29 bits per heavy atom. The second kappa shape index (κ2) is 7.78. The SMILES string of the molecule is CC(C)(C)OC(=O)NC1CCN(Cc2c(F)ccc(F)c2Br)CC1. The third-order valence-electron chi connectivity index (χ3n) is 3.83. The number of likely N-dealkylation sites (tertiary alicyclic amines) is 1.